The Labute approximate surface area is 113 Å². The van der Waals surface area contributed by atoms with Crippen molar-refractivity contribution in [2.45, 2.75) is 26.4 Å². The van der Waals surface area contributed by atoms with Gasteiger partial charge in [-0.25, -0.2) is 0 Å². The zero-order valence-corrected chi connectivity index (χ0v) is 11.5. The number of hydrogen-bond acceptors (Lipinski definition) is 3. The molecule has 0 aliphatic carbocycles. The molecule has 19 heavy (non-hydrogen) atoms. The lowest BCUT2D eigenvalue weighted by Gasteiger charge is -2.36. The number of fused-ring (bicyclic) bond motifs is 1. The van der Waals surface area contributed by atoms with E-state index in [9.17, 15) is 5.11 Å². The molecule has 1 aliphatic heterocycles. The van der Waals surface area contributed by atoms with Gasteiger partial charge in [-0.3, -0.25) is 4.98 Å². The number of β-amino-alcohol motifs (C(OH)–C–C–N with tert-alkyl or cyclic N) is 1. The second-order valence-electron chi connectivity index (χ2n) is 5.58. The molecule has 2 unspecified atom stereocenters. The van der Waals surface area contributed by atoms with Crippen LogP contribution in [0.5, 0.6) is 0 Å². The molecule has 3 nitrogen and oxygen atoms in total. The summed E-state index contributed by atoms with van der Waals surface area (Å²) in [5.41, 5.74) is 3.46. The smallest absolute Gasteiger partial charge is 0.0751 e. The van der Waals surface area contributed by atoms with E-state index in [-0.39, 0.29) is 6.10 Å². The second kappa shape index (κ2) is 4.82. The van der Waals surface area contributed by atoms with Gasteiger partial charge in [-0.05, 0) is 30.9 Å². The van der Waals surface area contributed by atoms with Crippen molar-refractivity contribution >= 4 is 16.6 Å². The molecule has 3 rings (SSSR count). The quantitative estimate of drug-likeness (QED) is 0.852. The van der Waals surface area contributed by atoms with Crippen LogP contribution in [-0.2, 0) is 0 Å². The SMILES string of the molecule is Cc1cccc2c(N3CCC(C)C(O)C3)ccnc12. The first-order chi connectivity index (χ1) is 9.16. The minimum Gasteiger partial charge on any atom is -0.391 e. The van der Waals surface area contributed by atoms with Gasteiger partial charge in [0.2, 0.25) is 0 Å². The highest BCUT2D eigenvalue weighted by atomic mass is 16.3. The predicted octanol–water partition coefficient (Wildman–Crippen LogP) is 2.75. The van der Waals surface area contributed by atoms with Gasteiger partial charge in [-0.2, -0.15) is 0 Å². The molecule has 2 atom stereocenters. The van der Waals surface area contributed by atoms with Crippen LogP contribution in [-0.4, -0.2) is 29.3 Å². The fourth-order valence-corrected chi connectivity index (χ4v) is 2.85. The zero-order valence-electron chi connectivity index (χ0n) is 11.5. The molecule has 1 aromatic heterocycles. The molecule has 0 spiro atoms. The van der Waals surface area contributed by atoms with E-state index in [2.05, 4.69) is 48.0 Å². The van der Waals surface area contributed by atoms with Gasteiger partial charge in [0.05, 0.1) is 11.6 Å². The lowest BCUT2D eigenvalue weighted by molar-refractivity contribution is 0.103. The van der Waals surface area contributed by atoms with Crippen LogP contribution in [0, 0.1) is 12.8 Å². The van der Waals surface area contributed by atoms with Crippen molar-refractivity contribution in [3.05, 3.63) is 36.0 Å². The van der Waals surface area contributed by atoms with E-state index in [1.807, 2.05) is 6.20 Å². The molecule has 2 heterocycles. The molecule has 100 valence electrons. The Morgan fingerprint density at radius 2 is 2.16 bits per heavy atom. The molecule has 2 aromatic rings. The third kappa shape index (κ3) is 2.19. The van der Waals surface area contributed by atoms with E-state index in [1.165, 1.54) is 16.6 Å². The van der Waals surface area contributed by atoms with Gasteiger partial charge in [0.25, 0.3) is 0 Å². The summed E-state index contributed by atoms with van der Waals surface area (Å²) in [6, 6.07) is 8.34. The highest BCUT2D eigenvalue weighted by Crippen LogP contribution is 2.30. The number of aromatic nitrogens is 1. The average molecular weight is 256 g/mol. The van der Waals surface area contributed by atoms with Crippen molar-refractivity contribution in [1.29, 1.82) is 0 Å². The first-order valence-corrected chi connectivity index (χ1v) is 6.94. The molecule has 0 bridgehead atoms. The van der Waals surface area contributed by atoms with Crippen molar-refractivity contribution in [3.63, 3.8) is 0 Å². The highest BCUT2D eigenvalue weighted by molar-refractivity contribution is 5.93. The van der Waals surface area contributed by atoms with Gasteiger partial charge in [0.15, 0.2) is 0 Å². The number of rotatable bonds is 1. The van der Waals surface area contributed by atoms with E-state index in [0.29, 0.717) is 12.5 Å². The van der Waals surface area contributed by atoms with E-state index in [0.717, 1.165) is 18.5 Å². The Balaban J connectivity index is 2.04. The topological polar surface area (TPSA) is 36.4 Å². The van der Waals surface area contributed by atoms with Gasteiger partial charge < -0.3 is 10.0 Å². The standard InChI is InChI=1S/C16H20N2O/c1-11-7-9-18(10-15(11)19)14-6-8-17-16-12(2)4-3-5-13(14)16/h3-6,8,11,15,19H,7,9-10H2,1-2H3. The summed E-state index contributed by atoms with van der Waals surface area (Å²) in [4.78, 5) is 6.77. The van der Waals surface area contributed by atoms with Crippen LogP contribution >= 0.6 is 0 Å². The lowest BCUT2D eigenvalue weighted by Crippen LogP contribution is -2.43. The molecule has 3 heteroatoms. The summed E-state index contributed by atoms with van der Waals surface area (Å²) in [6.07, 6.45) is 2.67. The Bertz CT molecular complexity index is 596. The van der Waals surface area contributed by atoms with Crippen molar-refractivity contribution in [2.24, 2.45) is 5.92 Å². The summed E-state index contributed by atoms with van der Waals surface area (Å²) in [5, 5.41) is 11.3. The van der Waals surface area contributed by atoms with Crippen LogP contribution in [0.1, 0.15) is 18.9 Å². The molecule has 1 aliphatic rings. The fraction of sp³-hybridized carbons (Fsp3) is 0.438. The maximum Gasteiger partial charge on any atom is 0.0751 e. The van der Waals surface area contributed by atoms with Crippen LogP contribution in [0.2, 0.25) is 0 Å². The highest BCUT2D eigenvalue weighted by Gasteiger charge is 2.25. The minimum absolute atomic E-state index is 0.234. The summed E-state index contributed by atoms with van der Waals surface area (Å²) >= 11 is 0. The number of aliphatic hydroxyl groups is 1. The molecule has 1 N–H and O–H groups in total. The Hall–Kier alpha value is -1.61. The molecule has 1 fully saturated rings. The van der Waals surface area contributed by atoms with Crippen molar-refractivity contribution in [3.8, 4) is 0 Å². The number of pyridine rings is 1. The third-order valence-electron chi connectivity index (χ3n) is 4.21. The number of piperidine rings is 1. The Morgan fingerprint density at radius 3 is 2.95 bits per heavy atom. The number of aliphatic hydroxyl groups excluding tert-OH is 1. The van der Waals surface area contributed by atoms with E-state index >= 15 is 0 Å². The van der Waals surface area contributed by atoms with Gasteiger partial charge >= 0.3 is 0 Å². The summed E-state index contributed by atoms with van der Waals surface area (Å²) in [7, 11) is 0. The minimum atomic E-state index is -0.234. The van der Waals surface area contributed by atoms with Crippen molar-refractivity contribution in [1.82, 2.24) is 4.98 Å². The van der Waals surface area contributed by atoms with E-state index in [4.69, 9.17) is 0 Å². The van der Waals surface area contributed by atoms with Gasteiger partial charge in [0, 0.05) is 30.4 Å². The Morgan fingerprint density at radius 1 is 1.32 bits per heavy atom. The maximum atomic E-state index is 10.1. The normalized spacial score (nSPS) is 23.8. The maximum absolute atomic E-state index is 10.1. The van der Waals surface area contributed by atoms with Crippen LogP contribution < -0.4 is 4.90 Å². The number of nitrogens with zero attached hydrogens (tertiary/aromatic N) is 2. The van der Waals surface area contributed by atoms with Crippen molar-refractivity contribution < 1.29 is 5.11 Å². The average Bonchev–Trinajstić information content (AvgIpc) is 2.42. The van der Waals surface area contributed by atoms with E-state index in [1.54, 1.807) is 0 Å². The fourth-order valence-electron chi connectivity index (χ4n) is 2.85. The predicted molar refractivity (Wildman–Crippen MR) is 78.5 cm³/mol. The third-order valence-corrected chi connectivity index (χ3v) is 4.21. The first kappa shape index (κ1) is 12.4. The molecule has 1 saturated heterocycles. The number of aryl methyl sites for hydroxylation is 1. The second-order valence-corrected chi connectivity index (χ2v) is 5.58. The van der Waals surface area contributed by atoms with Crippen molar-refractivity contribution in [2.75, 3.05) is 18.0 Å². The molecule has 0 saturated carbocycles. The number of hydrogen-bond donors (Lipinski definition) is 1. The van der Waals surface area contributed by atoms with Gasteiger partial charge in [-0.15, -0.1) is 0 Å². The molecular formula is C16H20N2O. The van der Waals surface area contributed by atoms with Gasteiger partial charge in [0.1, 0.15) is 0 Å². The number of para-hydroxylation sites is 1. The number of anilines is 1. The summed E-state index contributed by atoms with van der Waals surface area (Å²) in [5.74, 6) is 0.395. The number of benzene rings is 1. The zero-order chi connectivity index (χ0) is 13.4. The molecule has 0 amide bonds. The first-order valence-electron chi connectivity index (χ1n) is 6.94. The van der Waals surface area contributed by atoms with Crippen LogP contribution in [0.4, 0.5) is 5.69 Å². The largest absolute Gasteiger partial charge is 0.391 e. The Kier molecular flexibility index (Phi) is 3.15. The van der Waals surface area contributed by atoms with Gasteiger partial charge in [-0.1, -0.05) is 25.1 Å². The van der Waals surface area contributed by atoms with Crippen LogP contribution in [0.25, 0.3) is 10.9 Å². The molecular weight excluding hydrogens is 236 g/mol. The molecule has 1 aromatic carbocycles. The monoisotopic (exact) mass is 256 g/mol. The summed E-state index contributed by atoms with van der Waals surface area (Å²) in [6.45, 7) is 5.93. The lowest BCUT2D eigenvalue weighted by atomic mass is 9.95. The van der Waals surface area contributed by atoms with Crippen LogP contribution in [0.3, 0.4) is 0 Å². The van der Waals surface area contributed by atoms with E-state index < -0.39 is 0 Å². The summed E-state index contributed by atoms with van der Waals surface area (Å²) < 4.78 is 0. The van der Waals surface area contributed by atoms with Crippen LogP contribution in [0.15, 0.2) is 30.5 Å². The molecule has 0 radical (unpaired) electrons.